The Bertz CT molecular complexity index is 1040. The molecule has 0 aliphatic rings. The van der Waals surface area contributed by atoms with Gasteiger partial charge in [0.05, 0.1) is 11.3 Å². The molecule has 0 saturated carbocycles. The van der Waals surface area contributed by atoms with Gasteiger partial charge in [-0.05, 0) is 30.3 Å². The van der Waals surface area contributed by atoms with Crippen molar-refractivity contribution in [2.24, 2.45) is 0 Å². The quantitative estimate of drug-likeness (QED) is 0.726. The Balaban J connectivity index is 0.00000243. The Labute approximate surface area is 158 Å². The molecule has 0 unspecified atom stereocenters. The van der Waals surface area contributed by atoms with Gasteiger partial charge in [0.15, 0.2) is 0 Å². The highest BCUT2D eigenvalue weighted by Crippen LogP contribution is 2.27. The largest absolute Gasteiger partial charge is 0.316 e. The van der Waals surface area contributed by atoms with Gasteiger partial charge in [-0.25, -0.2) is 12.4 Å². The average Bonchev–Trinajstić information content (AvgIpc) is 3.08. The zero-order valence-corrected chi connectivity index (χ0v) is 15.6. The predicted octanol–water partition coefficient (Wildman–Crippen LogP) is 2.80. The molecule has 0 spiro atoms. The molecule has 6 nitrogen and oxygen atoms in total. The van der Waals surface area contributed by atoms with E-state index in [0.717, 1.165) is 11.1 Å². The van der Waals surface area contributed by atoms with Crippen LogP contribution in [0.4, 0.5) is 0 Å². The summed E-state index contributed by atoms with van der Waals surface area (Å²) in [6, 6.07) is 14.4. The summed E-state index contributed by atoms with van der Waals surface area (Å²) in [5, 5.41) is 12.0. The fraction of sp³-hybridized carbons (Fsp3) is 0.111. The number of aromatic nitrogens is 2. The third kappa shape index (κ3) is 3.78. The van der Waals surface area contributed by atoms with Crippen molar-refractivity contribution in [3.63, 3.8) is 0 Å². The summed E-state index contributed by atoms with van der Waals surface area (Å²) < 4.78 is 27.5. The third-order valence-electron chi connectivity index (χ3n) is 3.69. The van der Waals surface area contributed by atoms with Gasteiger partial charge in [0.1, 0.15) is 11.0 Å². The summed E-state index contributed by atoms with van der Waals surface area (Å²) in [5.74, 6) is 0. The second-order valence-electron chi connectivity index (χ2n) is 5.45. The minimum atomic E-state index is -3.87. The van der Waals surface area contributed by atoms with Crippen LogP contribution in [0.5, 0.6) is 0 Å². The maximum absolute atomic E-state index is 13.1. The summed E-state index contributed by atoms with van der Waals surface area (Å²) in [4.78, 5) is 3.85. The van der Waals surface area contributed by atoms with Gasteiger partial charge in [-0.2, -0.15) is 5.26 Å². The maximum atomic E-state index is 13.1. The molecule has 2 heterocycles. The van der Waals surface area contributed by atoms with Gasteiger partial charge >= 0.3 is 0 Å². The van der Waals surface area contributed by atoms with Crippen LogP contribution in [0.3, 0.4) is 0 Å². The first-order valence-corrected chi connectivity index (χ1v) is 9.02. The van der Waals surface area contributed by atoms with E-state index in [2.05, 4.69) is 10.3 Å². The normalized spacial score (nSPS) is 10.8. The minimum Gasteiger partial charge on any atom is -0.316 e. The molecule has 0 bridgehead atoms. The van der Waals surface area contributed by atoms with Crippen LogP contribution in [-0.4, -0.2) is 24.4 Å². The van der Waals surface area contributed by atoms with Crippen LogP contribution in [0.25, 0.3) is 11.3 Å². The van der Waals surface area contributed by atoms with E-state index >= 15 is 0 Å². The molecular formula is C18H17ClN4O2S. The highest BCUT2D eigenvalue weighted by molar-refractivity contribution is 7.90. The summed E-state index contributed by atoms with van der Waals surface area (Å²) >= 11 is 0. The van der Waals surface area contributed by atoms with E-state index in [1.54, 1.807) is 13.2 Å². The number of nitrogens with zero attached hydrogens (tertiary/aromatic N) is 3. The molecule has 0 radical (unpaired) electrons. The molecule has 0 aliphatic heterocycles. The van der Waals surface area contributed by atoms with Crippen LogP contribution in [0.15, 0.2) is 66.0 Å². The number of hydrogen-bond donors (Lipinski definition) is 1. The van der Waals surface area contributed by atoms with Gasteiger partial charge in [-0.3, -0.25) is 4.98 Å². The summed E-state index contributed by atoms with van der Waals surface area (Å²) in [7, 11) is -2.07. The lowest BCUT2D eigenvalue weighted by Crippen LogP contribution is -2.14. The van der Waals surface area contributed by atoms with Gasteiger partial charge < -0.3 is 5.32 Å². The lowest BCUT2D eigenvalue weighted by Gasteiger charge is -2.10. The number of rotatable bonds is 5. The molecule has 0 aliphatic carbocycles. The van der Waals surface area contributed by atoms with Gasteiger partial charge in [-0.1, -0.05) is 30.3 Å². The first kappa shape index (κ1) is 19.7. The van der Waals surface area contributed by atoms with Crippen LogP contribution in [0, 0.1) is 11.3 Å². The van der Waals surface area contributed by atoms with Gasteiger partial charge in [0.2, 0.25) is 0 Å². The lowest BCUT2D eigenvalue weighted by atomic mass is 10.1. The number of nitriles is 1. The van der Waals surface area contributed by atoms with Gasteiger partial charge in [-0.15, -0.1) is 12.4 Å². The van der Waals surface area contributed by atoms with Gasteiger partial charge in [0, 0.05) is 25.1 Å². The molecule has 0 amide bonds. The van der Waals surface area contributed by atoms with Crippen molar-refractivity contribution in [3.8, 4) is 17.3 Å². The van der Waals surface area contributed by atoms with E-state index in [-0.39, 0.29) is 22.9 Å². The molecule has 0 saturated heterocycles. The molecular weight excluding hydrogens is 372 g/mol. The zero-order chi connectivity index (χ0) is 17.9. The van der Waals surface area contributed by atoms with Crippen molar-refractivity contribution in [2.75, 3.05) is 7.05 Å². The van der Waals surface area contributed by atoms with Gasteiger partial charge in [0.25, 0.3) is 10.0 Å². The van der Waals surface area contributed by atoms with Crippen LogP contribution in [0.2, 0.25) is 0 Å². The smallest absolute Gasteiger partial charge is 0.269 e. The fourth-order valence-corrected chi connectivity index (χ4v) is 3.94. The minimum absolute atomic E-state index is 0. The standard InChI is InChI=1S/C18H16N4O2S.ClH/c1-20-10-15-8-18(16-5-3-2-4-6-16)22(13-15)25(23,24)17-7-14(9-19)11-21-12-17;/h2-8,11-13,20H,10H2,1H3;1H. The number of hydrogen-bond acceptors (Lipinski definition) is 5. The first-order valence-electron chi connectivity index (χ1n) is 7.58. The average molecular weight is 389 g/mol. The second-order valence-corrected chi connectivity index (χ2v) is 7.27. The highest BCUT2D eigenvalue weighted by atomic mass is 35.5. The van der Waals surface area contributed by atoms with Crippen LogP contribution in [0.1, 0.15) is 11.1 Å². The molecule has 1 aromatic carbocycles. The molecule has 134 valence electrons. The predicted molar refractivity (Wildman–Crippen MR) is 101 cm³/mol. The number of halogens is 1. The van der Waals surface area contributed by atoms with E-state index in [4.69, 9.17) is 5.26 Å². The van der Waals surface area contributed by atoms with E-state index in [0.29, 0.717) is 12.2 Å². The second kappa shape index (κ2) is 8.15. The Morgan fingerprint density at radius 2 is 1.92 bits per heavy atom. The molecule has 0 atom stereocenters. The molecule has 0 fully saturated rings. The zero-order valence-electron chi connectivity index (χ0n) is 14.0. The summed E-state index contributed by atoms with van der Waals surface area (Å²) in [6.07, 6.45) is 4.18. The van der Waals surface area contributed by atoms with Crippen molar-refractivity contribution in [1.29, 1.82) is 5.26 Å². The van der Waals surface area contributed by atoms with Crippen molar-refractivity contribution in [2.45, 2.75) is 11.4 Å². The molecule has 26 heavy (non-hydrogen) atoms. The lowest BCUT2D eigenvalue weighted by molar-refractivity contribution is 0.587. The molecule has 1 N–H and O–H groups in total. The summed E-state index contributed by atoms with van der Waals surface area (Å²) in [6.45, 7) is 0.541. The van der Waals surface area contributed by atoms with Crippen LogP contribution in [-0.2, 0) is 16.6 Å². The van der Waals surface area contributed by atoms with E-state index < -0.39 is 10.0 Å². The SMILES string of the molecule is CNCc1cc(-c2ccccc2)n(S(=O)(=O)c2cncc(C#N)c2)c1.Cl. The Morgan fingerprint density at radius 3 is 2.58 bits per heavy atom. The topological polar surface area (TPSA) is 87.8 Å². The van der Waals surface area contributed by atoms with Crippen LogP contribution < -0.4 is 5.32 Å². The van der Waals surface area contributed by atoms with Crippen molar-refractivity contribution in [3.05, 3.63) is 72.2 Å². The first-order chi connectivity index (χ1) is 12.1. The monoisotopic (exact) mass is 388 g/mol. The maximum Gasteiger partial charge on any atom is 0.269 e. The fourth-order valence-electron chi connectivity index (χ4n) is 2.55. The molecule has 3 rings (SSSR count). The summed E-state index contributed by atoms with van der Waals surface area (Å²) in [5.41, 5.74) is 2.39. The highest BCUT2D eigenvalue weighted by Gasteiger charge is 2.22. The van der Waals surface area contributed by atoms with Crippen molar-refractivity contribution < 1.29 is 8.42 Å². The Morgan fingerprint density at radius 1 is 1.19 bits per heavy atom. The molecule has 3 aromatic rings. The number of nitrogens with one attached hydrogen (secondary N) is 1. The van der Waals surface area contributed by atoms with E-state index in [1.165, 1.54) is 22.4 Å². The molecule has 8 heteroatoms. The Hall–Kier alpha value is -2.66. The van der Waals surface area contributed by atoms with E-state index in [9.17, 15) is 8.42 Å². The van der Waals surface area contributed by atoms with Crippen molar-refractivity contribution >= 4 is 22.4 Å². The molecule has 2 aromatic heterocycles. The number of benzene rings is 1. The Kier molecular flexibility index (Phi) is 6.16. The third-order valence-corrected chi connectivity index (χ3v) is 5.33. The van der Waals surface area contributed by atoms with E-state index in [1.807, 2.05) is 42.5 Å². The number of pyridine rings is 1. The van der Waals surface area contributed by atoms with Crippen LogP contribution >= 0.6 is 12.4 Å². The van der Waals surface area contributed by atoms with Crippen molar-refractivity contribution in [1.82, 2.24) is 14.3 Å².